The van der Waals surface area contributed by atoms with Crippen LogP contribution in [0.3, 0.4) is 0 Å². The van der Waals surface area contributed by atoms with Gasteiger partial charge < -0.3 is 20.9 Å². The second kappa shape index (κ2) is 7.59. The summed E-state index contributed by atoms with van der Waals surface area (Å²) >= 11 is 0. The molecule has 0 spiro atoms. The molecule has 8 nitrogen and oxygen atoms in total. The minimum atomic E-state index is 0.0717. The maximum absolute atomic E-state index is 12.9. The molecule has 1 aliphatic carbocycles. The monoisotopic (exact) mass is 391 g/mol. The van der Waals surface area contributed by atoms with Gasteiger partial charge >= 0.3 is 0 Å². The van der Waals surface area contributed by atoms with Crippen molar-refractivity contribution in [1.29, 1.82) is 5.26 Å². The van der Waals surface area contributed by atoms with Crippen molar-refractivity contribution in [2.45, 2.75) is 44.3 Å². The van der Waals surface area contributed by atoms with Crippen molar-refractivity contribution in [2.24, 2.45) is 0 Å². The molecule has 1 amide bonds. The van der Waals surface area contributed by atoms with Crippen molar-refractivity contribution in [3.05, 3.63) is 41.1 Å². The number of rotatable bonds is 4. The number of benzene rings is 1. The predicted molar refractivity (Wildman–Crippen MR) is 111 cm³/mol. The minimum Gasteiger partial charge on any atom is -0.399 e. The van der Waals surface area contributed by atoms with Crippen LogP contribution in [0, 0.1) is 11.3 Å². The molecule has 8 heteroatoms. The maximum Gasteiger partial charge on any atom is 0.254 e. The average molecular weight is 391 g/mol. The molecule has 0 radical (unpaired) electrons. The highest BCUT2D eigenvalue weighted by atomic mass is 16.2. The lowest BCUT2D eigenvalue weighted by molar-refractivity contribution is 0.0654. The van der Waals surface area contributed by atoms with Crippen LogP contribution in [-0.2, 0) is 6.54 Å². The standard InChI is InChI=1S/C21H25N7O/c1-27(2)19-14(10-22)11-24-21(26-19)25-16-4-3-5-17(9-16)28-12-13-6-7-15(23)8-18(13)20(28)29/h6-8,11,16-17H,3-5,9,12,23H2,1-2H3,(H,24,25,26)/t16-,17+/m1/s1. The van der Waals surface area contributed by atoms with Gasteiger partial charge in [0, 0.05) is 44.0 Å². The van der Waals surface area contributed by atoms with E-state index in [2.05, 4.69) is 21.4 Å². The van der Waals surface area contributed by atoms with Gasteiger partial charge in [-0.15, -0.1) is 0 Å². The smallest absolute Gasteiger partial charge is 0.254 e. The second-order valence-corrected chi connectivity index (χ2v) is 7.95. The van der Waals surface area contributed by atoms with Crippen LogP contribution >= 0.6 is 0 Å². The SMILES string of the molecule is CN(C)c1nc(N[C@@H]2CCC[C@H](N3Cc4ccc(N)cc4C3=O)C2)ncc1C#N. The van der Waals surface area contributed by atoms with Gasteiger partial charge in [0.1, 0.15) is 11.6 Å². The van der Waals surface area contributed by atoms with E-state index in [0.717, 1.165) is 36.8 Å². The third-order valence-corrected chi connectivity index (χ3v) is 5.70. The molecule has 2 heterocycles. The molecule has 2 aliphatic rings. The molecule has 0 saturated heterocycles. The van der Waals surface area contributed by atoms with Crippen molar-refractivity contribution in [2.75, 3.05) is 30.0 Å². The summed E-state index contributed by atoms with van der Waals surface area (Å²) in [7, 11) is 3.71. The molecular weight excluding hydrogens is 366 g/mol. The first-order chi connectivity index (χ1) is 14.0. The van der Waals surface area contributed by atoms with E-state index < -0.39 is 0 Å². The summed E-state index contributed by atoms with van der Waals surface area (Å²) in [5.41, 5.74) is 8.70. The van der Waals surface area contributed by atoms with Gasteiger partial charge in [0.05, 0.1) is 6.20 Å². The van der Waals surface area contributed by atoms with E-state index in [9.17, 15) is 10.1 Å². The van der Waals surface area contributed by atoms with E-state index in [1.165, 1.54) is 0 Å². The molecule has 3 N–H and O–H groups in total. The van der Waals surface area contributed by atoms with Crippen LogP contribution in [0.25, 0.3) is 0 Å². The number of carbonyl (C=O) groups excluding carboxylic acids is 1. The van der Waals surface area contributed by atoms with Crippen LogP contribution in [0.2, 0.25) is 0 Å². The number of nitrogens with zero attached hydrogens (tertiary/aromatic N) is 5. The summed E-state index contributed by atoms with van der Waals surface area (Å²) < 4.78 is 0. The molecule has 1 aliphatic heterocycles. The topological polar surface area (TPSA) is 111 Å². The van der Waals surface area contributed by atoms with E-state index in [0.29, 0.717) is 29.6 Å². The quantitative estimate of drug-likeness (QED) is 0.770. The number of aromatic nitrogens is 2. The number of hydrogen-bond acceptors (Lipinski definition) is 7. The number of hydrogen-bond donors (Lipinski definition) is 2. The Morgan fingerprint density at radius 2 is 2.17 bits per heavy atom. The van der Waals surface area contributed by atoms with Crippen LogP contribution in [0.4, 0.5) is 17.5 Å². The molecule has 1 saturated carbocycles. The van der Waals surface area contributed by atoms with Gasteiger partial charge in [-0.1, -0.05) is 6.07 Å². The van der Waals surface area contributed by atoms with Crippen molar-refractivity contribution in [3.8, 4) is 6.07 Å². The Balaban J connectivity index is 1.47. The van der Waals surface area contributed by atoms with Gasteiger partial charge in [0.15, 0.2) is 5.82 Å². The molecule has 4 rings (SSSR count). The number of amides is 1. The van der Waals surface area contributed by atoms with E-state index in [-0.39, 0.29) is 18.0 Å². The molecule has 1 aromatic carbocycles. The first kappa shape index (κ1) is 19.0. The predicted octanol–water partition coefficient (Wildman–Crippen LogP) is 2.38. The van der Waals surface area contributed by atoms with Crippen LogP contribution in [0.15, 0.2) is 24.4 Å². The van der Waals surface area contributed by atoms with Crippen molar-refractivity contribution >= 4 is 23.4 Å². The second-order valence-electron chi connectivity index (χ2n) is 7.95. The lowest BCUT2D eigenvalue weighted by Gasteiger charge is -2.35. The lowest BCUT2D eigenvalue weighted by Crippen LogP contribution is -2.42. The largest absolute Gasteiger partial charge is 0.399 e. The highest BCUT2D eigenvalue weighted by molar-refractivity contribution is 5.99. The number of nitrogen functional groups attached to an aromatic ring is 1. The Hall–Kier alpha value is -3.34. The van der Waals surface area contributed by atoms with Crippen molar-refractivity contribution in [1.82, 2.24) is 14.9 Å². The summed E-state index contributed by atoms with van der Waals surface area (Å²) in [6, 6.07) is 8.06. The summed E-state index contributed by atoms with van der Waals surface area (Å²) in [5.74, 6) is 1.18. The zero-order valence-corrected chi connectivity index (χ0v) is 16.7. The van der Waals surface area contributed by atoms with Crippen LogP contribution in [0.5, 0.6) is 0 Å². The highest BCUT2D eigenvalue weighted by Crippen LogP contribution is 2.32. The fourth-order valence-corrected chi connectivity index (χ4v) is 4.26. The number of carbonyl (C=O) groups is 1. The Labute approximate surface area is 170 Å². The zero-order valence-electron chi connectivity index (χ0n) is 16.7. The van der Waals surface area contributed by atoms with Crippen molar-refractivity contribution < 1.29 is 4.79 Å². The fraction of sp³-hybridized carbons (Fsp3) is 0.429. The Morgan fingerprint density at radius 3 is 2.93 bits per heavy atom. The van der Waals surface area contributed by atoms with Gasteiger partial charge in [-0.2, -0.15) is 10.2 Å². The average Bonchev–Trinajstić information content (AvgIpc) is 3.04. The fourth-order valence-electron chi connectivity index (χ4n) is 4.26. The van der Waals surface area contributed by atoms with E-state index in [1.807, 2.05) is 31.1 Å². The summed E-state index contributed by atoms with van der Waals surface area (Å²) in [4.78, 5) is 25.5. The molecule has 29 heavy (non-hydrogen) atoms. The number of nitrogens with one attached hydrogen (secondary N) is 1. The first-order valence-corrected chi connectivity index (χ1v) is 9.86. The molecule has 150 valence electrons. The van der Waals surface area contributed by atoms with Gasteiger partial charge in [0.25, 0.3) is 5.91 Å². The molecule has 0 bridgehead atoms. The molecular formula is C21H25N7O. The van der Waals surface area contributed by atoms with Crippen LogP contribution in [-0.4, -0.2) is 47.0 Å². The first-order valence-electron chi connectivity index (χ1n) is 9.86. The van der Waals surface area contributed by atoms with E-state index >= 15 is 0 Å². The highest BCUT2D eigenvalue weighted by Gasteiger charge is 2.35. The van der Waals surface area contributed by atoms with Crippen LogP contribution in [0.1, 0.15) is 47.2 Å². The van der Waals surface area contributed by atoms with Gasteiger partial charge in [0.2, 0.25) is 5.95 Å². The summed E-state index contributed by atoms with van der Waals surface area (Å²) in [6.07, 6.45) is 5.41. The van der Waals surface area contributed by atoms with Gasteiger partial charge in [-0.05, 0) is 43.4 Å². The van der Waals surface area contributed by atoms with Gasteiger partial charge in [-0.25, -0.2) is 4.98 Å². The molecule has 0 unspecified atom stereocenters. The maximum atomic E-state index is 12.9. The van der Waals surface area contributed by atoms with Crippen molar-refractivity contribution in [3.63, 3.8) is 0 Å². The summed E-state index contributed by atoms with van der Waals surface area (Å²) in [6.45, 7) is 0.643. The molecule has 1 aromatic heterocycles. The third-order valence-electron chi connectivity index (χ3n) is 5.70. The Morgan fingerprint density at radius 1 is 1.34 bits per heavy atom. The van der Waals surface area contributed by atoms with Gasteiger partial charge in [-0.3, -0.25) is 4.79 Å². The zero-order chi connectivity index (χ0) is 20.5. The Bertz CT molecular complexity index is 981. The summed E-state index contributed by atoms with van der Waals surface area (Å²) in [5, 5.41) is 12.6. The molecule has 2 atom stereocenters. The number of nitrogens with two attached hydrogens (primary N) is 1. The number of nitriles is 1. The number of anilines is 3. The normalized spacial score (nSPS) is 20.9. The lowest BCUT2D eigenvalue weighted by atomic mass is 9.90. The van der Waals surface area contributed by atoms with E-state index in [4.69, 9.17) is 5.73 Å². The number of fused-ring (bicyclic) bond motifs is 1. The minimum absolute atomic E-state index is 0.0717. The molecule has 2 aromatic rings. The third kappa shape index (κ3) is 3.68. The van der Waals surface area contributed by atoms with Crippen LogP contribution < -0.4 is 16.0 Å². The Kier molecular flexibility index (Phi) is 4.97. The van der Waals surface area contributed by atoms with E-state index in [1.54, 1.807) is 17.2 Å². The molecule has 1 fully saturated rings.